The van der Waals surface area contributed by atoms with Gasteiger partial charge in [0.15, 0.2) is 12.4 Å². The molecule has 4 saturated carbocycles. The maximum absolute atomic E-state index is 14.8. The molecule has 0 aromatic rings. The third-order valence-electron chi connectivity index (χ3n) is 17.3. The Morgan fingerprint density at radius 1 is 0.772 bits per heavy atom. The Balaban J connectivity index is 1.14. The first-order valence-electron chi connectivity index (χ1n) is 21.0. The highest BCUT2D eigenvalue weighted by atomic mass is 16.7. The van der Waals surface area contributed by atoms with E-state index in [1.807, 2.05) is 6.92 Å². The highest BCUT2D eigenvalue weighted by molar-refractivity contribution is 5.79. The minimum absolute atomic E-state index is 0.0540. The highest BCUT2D eigenvalue weighted by Crippen LogP contribution is 2.76. The summed E-state index contributed by atoms with van der Waals surface area (Å²) in [7, 11) is 0. The number of ether oxygens (including phenoxy) is 4. The van der Waals surface area contributed by atoms with Crippen molar-refractivity contribution in [3.63, 3.8) is 0 Å². The van der Waals surface area contributed by atoms with Crippen molar-refractivity contribution in [2.75, 3.05) is 13.2 Å². The van der Waals surface area contributed by atoms with E-state index in [2.05, 4.69) is 40.7 Å². The zero-order valence-corrected chi connectivity index (χ0v) is 34.1. The lowest BCUT2D eigenvalue weighted by Gasteiger charge is -2.71. The van der Waals surface area contributed by atoms with Crippen molar-refractivity contribution in [3.8, 4) is 0 Å². The maximum atomic E-state index is 14.8. The van der Waals surface area contributed by atoms with Gasteiger partial charge in [-0.25, -0.2) is 4.79 Å². The summed E-state index contributed by atoms with van der Waals surface area (Å²) in [4.78, 5) is 26.4. The van der Waals surface area contributed by atoms with Crippen LogP contribution in [0.15, 0.2) is 11.6 Å². The quantitative estimate of drug-likeness (QED) is 0.130. The van der Waals surface area contributed by atoms with E-state index in [1.54, 1.807) is 0 Å². The fourth-order valence-electron chi connectivity index (χ4n) is 13.5. The Bertz CT molecular complexity index is 1590. The second-order valence-electron chi connectivity index (χ2n) is 20.5. The molecule has 15 heteroatoms. The molecule has 5 unspecified atom stereocenters. The second-order valence-corrected chi connectivity index (χ2v) is 20.5. The first-order chi connectivity index (χ1) is 26.5. The molecule has 57 heavy (non-hydrogen) atoms. The fraction of sp³-hybridized carbons (Fsp3) is 0.905. The van der Waals surface area contributed by atoms with E-state index in [1.165, 1.54) is 5.57 Å². The van der Waals surface area contributed by atoms with Crippen molar-refractivity contribution < 1.29 is 74.5 Å². The van der Waals surface area contributed by atoms with Gasteiger partial charge in [-0.3, -0.25) is 4.79 Å². The van der Waals surface area contributed by atoms with Crippen LogP contribution in [0.3, 0.4) is 0 Å². The average molecular weight is 811 g/mol. The minimum Gasteiger partial charge on any atom is -0.479 e. The van der Waals surface area contributed by atoms with Crippen molar-refractivity contribution in [2.24, 2.45) is 50.2 Å². The van der Waals surface area contributed by atoms with E-state index in [9.17, 15) is 55.5 Å². The molecule has 0 spiro atoms. The molecule has 2 heterocycles. The van der Waals surface area contributed by atoms with Crippen LogP contribution in [0.2, 0.25) is 0 Å². The van der Waals surface area contributed by atoms with Crippen LogP contribution >= 0.6 is 0 Å². The van der Waals surface area contributed by atoms with Crippen molar-refractivity contribution in [2.45, 2.75) is 173 Å². The third kappa shape index (κ3) is 6.39. The lowest BCUT2D eigenvalue weighted by Crippen LogP contribution is -2.66. The number of aliphatic hydroxyl groups excluding tert-OH is 8. The fourth-order valence-corrected chi connectivity index (χ4v) is 13.5. The number of carbonyl (C=O) groups is 2. The van der Waals surface area contributed by atoms with Crippen LogP contribution in [0.25, 0.3) is 0 Å². The van der Waals surface area contributed by atoms with Gasteiger partial charge in [-0.1, -0.05) is 53.2 Å². The number of carbonyl (C=O) groups excluding carboxylic acids is 1. The van der Waals surface area contributed by atoms with Crippen molar-refractivity contribution >= 4 is 11.9 Å². The summed E-state index contributed by atoms with van der Waals surface area (Å²) in [5, 5.41) is 94.9. The molecular weight excluding hydrogens is 744 g/mol. The summed E-state index contributed by atoms with van der Waals surface area (Å²) in [5.74, 6) is -1.89. The summed E-state index contributed by atoms with van der Waals surface area (Å²) in [6.07, 6.45) is -9.02. The Labute approximate surface area is 334 Å². The largest absolute Gasteiger partial charge is 0.479 e. The monoisotopic (exact) mass is 810 g/mol. The molecule has 2 saturated heterocycles. The molecule has 7 aliphatic rings. The molecule has 0 amide bonds. The molecule has 19 atom stereocenters. The molecule has 0 aromatic carbocycles. The Morgan fingerprint density at radius 3 is 2.09 bits per heavy atom. The van der Waals surface area contributed by atoms with Crippen LogP contribution in [0.1, 0.15) is 106 Å². The summed E-state index contributed by atoms with van der Waals surface area (Å²) in [6.45, 7) is 12.8. The number of carboxylic acid groups (broad SMARTS) is 1. The number of aliphatic carboxylic acids is 1. The van der Waals surface area contributed by atoms with Crippen LogP contribution in [-0.4, -0.2) is 139 Å². The molecule has 6 fully saturated rings. The topological polar surface area (TPSA) is 253 Å². The normalized spacial score (nSPS) is 53.3. The van der Waals surface area contributed by atoms with Crippen LogP contribution in [-0.2, 0) is 28.5 Å². The van der Waals surface area contributed by atoms with Gasteiger partial charge in [0.25, 0.3) is 0 Å². The van der Waals surface area contributed by atoms with Gasteiger partial charge in [0.1, 0.15) is 42.7 Å². The number of esters is 1. The molecule has 7 rings (SSSR count). The van der Waals surface area contributed by atoms with Crippen LogP contribution in [0.5, 0.6) is 0 Å². The van der Waals surface area contributed by atoms with E-state index >= 15 is 0 Å². The molecular formula is C42H66O15. The third-order valence-corrected chi connectivity index (χ3v) is 17.3. The number of rotatable bonds is 7. The van der Waals surface area contributed by atoms with Gasteiger partial charge in [0.05, 0.1) is 24.7 Å². The van der Waals surface area contributed by atoms with Crippen molar-refractivity contribution in [1.82, 2.24) is 0 Å². The smallest absolute Gasteiger partial charge is 0.335 e. The standard InChI is InChI=1S/C42H66O15/c1-37(2)13-15-42(36(53)57-34-30(50)28(48)31(22(18-43)54-34)55-35-29(49)26(46)27(47)32(56-35)33(51)52)16-14-40(5)20(21(42)17-37)7-8-24-38(3)11-10-25(45)39(4,19-44)23(38)9-12-41(24,40)6/h7,21-32,34-35,43-50H,8-19H2,1-6H3,(H,51,52)/t21?,22-,23?,24?,25?,26-,27+,28+,29-,30-,31-,32+,34+,35-,38+,39+,40-,41-,42?/m1/s1. The number of aliphatic hydroxyl groups is 8. The number of allylic oxidation sites excluding steroid dienone is 2. The minimum atomic E-state index is -1.99. The first-order valence-corrected chi connectivity index (χ1v) is 21.0. The molecule has 9 N–H and O–H groups in total. The van der Waals surface area contributed by atoms with Crippen LogP contribution in [0.4, 0.5) is 0 Å². The molecule has 5 aliphatic carbocycles. The number of fused-ring (bicyclic) bond motifs is 7. The first kappa shape index (κ1) is 43.3. The summed E-state index contributed by atoms with van der Waals surface area (Å²) in [6, 6.07) is 0. The Kier molecular flexibility index (Phi) is 11.2. The summed E-state index contributed by atoms with van der Waals surface area (Å²) < 4.78 is 22.7. The molecule has 15 nitrogen and oxygen atoms in total. The van der Waals surface area contributed by atoms with Gasteiger partial charge in [-0.15, -0.1) is 0 Å². The molecule has 0 radical (unpaired) electrons. The van der Waals surface area contributed by atoms with E-state index in [0.29, 0.717) is 25.2 Å². The van der Waals surface area contributed by atoms with Gasteiger partial charge in [0.2, 0.25) is 6.29 Å². The van der Waals surface area contributed by atoms with Gasteiger partial charge >= 0.3 is 11.9 Å². The maximum Gasteiger partial charge on any atom is 0.335 e. The summed E-state index contributed by atoms with van der Waals surface area (Å²) >= 11 is 0. The molecule has 0 bridgehead atoms. The van der Waals surface area contributed by atoms with Gasteiger partial charge < -0.3 is 64.9 Å². The molecule has 324 valence electrons. The zero-order valence-electron chi connectivity index (χ0n) is 34.1. The van der Waals surface area contributed by atoms with E-state index < -0.39 is 96.9 Å². The Hall–Kier alpha value is -1.76. The van der Waals surface area contributed by atoms with Gasteiger partial charge in [0, 0.05) is 5.41 Å². The number of hydrogen-bond acceptors (Lipinski definition) is 14. The van der Waals surface area contributed by atoms with Crippen molar-refractivity contribution in [3.05, 3.63) is 11.6 Å². The average Bonchev–Trinajstić information content (AvgIpc) is 3.16. The summed E-state index contributed by atoms with van der Waals surface area (Å²) in [5.41, 5.74) is -0.762. The van der Waals surface area contributed by atoms with Crippen LogP contribution < -0.4 is 0 Å². The lowest BCUT2D eigenvalue weighted by atomic mass is 9.33. The second kappa shape index (κ2) is 14.7. The van der Waals surface area contributed by atoms with E-state index in [4.69, 9.17) is 18.9 Å². The van der Waals surface area contributed by atoms with E-state index in [-0.39, 0.29) is 40.1 Å². The van der Waals surface area contributed by atoms with Crippen LogP contribution in [0, 0.1) is 50.2 Å². The number of carboxylic acids is 1. The molecule has 0 aromatic heterocycles. The predicted octanol–water partition coefficient (Wildman–Crippen LogP) is 1.38. The Morgan fingerprint density at radius 2 is 1.44 bits per heavy atom. The van der Waals surface area contributed by atoms with E-state index in [0.717, 1.165) is 44.9 Å². The lowest BCUT2D eigenvalue weighted by molar-refractivity contribution is -0.353. The SMILES string of the molecule is CC1(C)CCC2(C(=O)O[C@@H]3O[C@H](CO)[C@@H](O[C@@H]4O[C@H](C(=O)O)[C@@H](O)[C@@H](O)[C@H]4O)[C@@H](O)[C@H]3O)CC[C@]3(C)C(=CCC4[C@@]5(C)CCC(O)[C@@](C)(CO)C5CC[C@]43C)C2C1. The molecule has 2 aliphatic heterocycles. The highest BCUT2D eigenvalue weighted by Gasteiger charge is 2.70. The van der Waals surface area contributed by atoms with Gasteiger partial charge in [-0.2, -0.15) is 0 Å². The van der Waals surface area contributed by atoms with Crippen molar-refractivity contribution in [1.29, 1.82) is 0 Å². The van der Waals surface area contributed by atoms with Gasteiger partial charge in [-0.05, 0) is 104 Å². The zero-order chi connectivity index (χ0) is 41.8. The number of hydrogen-bond donors (Lipinski definition) is 9. The predicted molar refractivity (Wildman–Crippen MR) is 200 cm³/mol.